The molecule has 1 aliphatic rings. The standard InChI is InChI=1S/C31H31F3/c1-3-5-7-25-16-19-28(31(34)30(25)33)24-14-12-22(13-15-24)26-17-18-27(29(32)20-26)23-10-8-21(6-4-2)9-11-23/h4,6,10,12-21H,3,5,7-9,11H2,1-2H3/b6-4+. The molecule has 0 nitrogen and oxygen atoms in total. The van der Waals surface area contributed by atoms with E-state index in [9.17, 15) is 13.2 Å². The highest BCUT2D eigenvalue weighted by Crippen LogP contribution is 2.34. The first-order valence-corrected chi connectivity index (χ1v) is 12.2. The fourth-order valence-electron chi connectivity index (χ4n) is 4.72. The maximum atomic E-state index is 15.0. The van der Waals surface area contributed by atoms with Gasteiger partial charge in [-0.2, -0.15) is 0 Å². The van der Waals surface area contributed by atoms with Crippen molar-refractivity contribution in [2.75, 3.05) is 0 Å². The molecule has 0 bridgehead atoms. The molecule has 176 valence electrons. The summed E-state index contributed by atoms with van der Waals surface area (Å²) in [5.41, 5.74) is 4.59. The van der Waals surface area contributed by atoms with Crippen molar-refractivity contribution < 1.29 is 13.2 Å². The van der Waals surface area contributed by atoms with Gasteiger partial charge in [-0.25, -0.2) is 13.2 Å². The zero-order valence-electron chi connectivity index (χ0n) is 19.9. The van der Waals surface area contributed by atoms with Gasteiger partial charge in [-0.05, 0) is 78.8 Å². The summed E-state index contributed by atoms with van der Waals surface area (Å²) in [5, 5.41) is 0. The lowest BCUT2D eigenvalue weighted by Crippen LogP contribution is -2.03. The first kappa shape index (κ1) is 24.1. The summed E-state index contributed by atoms with van der Waals surface area (Å²) < 4.78 is 44.2. The van der Waals surface area contributed by atoms with Crippen LogP contribution in [0.1, 0.15) is 57.1 Å². The second-order valence-corrected chi connectivity index (χ2v) is 9.07. The summed E-state index contributed by atoms with van der Waals surface area (Å²) in [6.45, 7) is 4.06. The van der Waals surface area contributed by atoms with Gasteiger partial charge in [0.05, 0.1) is 0 Å². The average Bonchev–Trinajstić information content (AvgIpc) is 2.86. The molecule has 0 amide bonds. The lowest BCUT2D eigenvalue weighted by Gasteiger charge is -2.20. The molecule has 0 fully saturated rings. The van der Waals surface area contributed by atoms with Crippen molar-refractivity contribution in [3.8, 4) is 22.3 Å². The van der Waals surface area contributed by atoms with Gasteiger partial charge in [-0.3, -0.25) is 0 Å². The molecule has 0 spiro atoms. The van der Waals surface area contributed by atoms with Crippen LogP contribution in [0.25, 0.3) is 27.8 Å². The highest BCUT2D eigenvalue weighted by atomic mass is 19.2. The van der Waals surface area contributed by atoms with Gasteiger partial charge in [0, 0.05) is 11.1 Å². The SMILES string of the molecule is C/C=C/C1CC=C(c2ccc(-c3ccc(-c4ccc(CCCC)c(F)c4F)cc3)cc2F)CC1. The van der Waals surface area contributed by atoms with Crippen molar-refractivity contribution in [3.05, 3.63) is 101 Å². The van der Waals surface area contributed by atoms with Crippen LogP contribution in [0.5, 0.6) is 0 Å². The van der Waals surface area contributed by atoms with Crippen LogP contribution in [0.3, 0.4) is 0 Å². The van der Waals surface area contributed by atoms with Crippen LogP contribution in [-0.2, 0) is 6.42 Å². The van der Waals surface area contributed by atoms with E-state index in [0.29, 0.717) is 29.0 Å². The van der Waals surface area contributed by atoms with E-state index in [1.807, 2.05) is 38.1 Å². The first-order valence-electron chi connectivity index (χ1n) is 12.2. The Kier molecular flexibility index (Phi) is 7.72. The molecule has 3 aromatic carbocycles. The Morgan fingerprint density at radius 1 is 0.853 bits per heavy atom. The van der Waals surface area contributed by atoms with Crippen LogP contribution in [-0.4, -0.2) is 0 Å². The molecule has 4 rings (SSSR count). The molecule has 0 aliphatic heterocycles. The third-order valence-electron chi connectivity index (χ3n) is 6.72. The Morgan fingerprint density at radius 2 is 1.56 bits per heavy atom. The molecular formula is C31H31F3. The van der Waals surface area contributed by atoms with E-state index in [1.54, 1.807) is 30.3 Å². The molecule has 1 unspecified atom stereocenters. The maximum absolute atomic E-state index is 15.0. The predicted octanol–water partition coefficient (Wildman–Crippen LogP) is 9.54. The Morgan fingerprint density at radius 3 is 2.21 bits per heavy atom. The van der Waals surface area contributed by atoms with E-state index in [1.165, 1.54) is 0 Å². The summed E-state index contributed by atoms with van der Waals surface area (Å²) in [5.74, 6) is -1.26. The topological polar surface area (TPSA) is 0 Å². The van der Waals surface area contributed by atoms with E-state index in [0.717, 1.165) is 48.8 Å². The number of benzene rings is 3. The summed E-state index contributed by atoms with van der Waals surface area (Å²) in [4.78, 5) is 0. The summed E-state index contributed by atoms with van der Waals surface area (Å²) in [6, 6.07) is 15.8. The van der Waals surface area contributed by atoms with Crippen LogP contribution in [0.4, 0.5) is 13.2 Å². The van der Waals surface area contributed by atoms with E-state index in [-0.39, 0.29) is 11.4 Å². The second-order valence-electron chi connectivity index (χ2n) is 9.07. The van der Waals surface area contributed by atoms with Gasteiger partial charge in [0.15, 0.2) is 11.6 Å². The molecule has 0 saturated heterocycles. The zero-order chi connectivity index (χ0) is 24.1. The lowest BCUT2D eigenvalue weighted by atomic mass is 9.86. The van der Waals surface area contributed by atoms with Crippen LogP contribution in [0, 0.1) is 23.4 Å². The van der Waals surface area contributed by atoms with Crippen LogP contribution >= 0.6 is 0 Å². The van der Waals surface area contributed by atoms with Gasteiger partial charge in [-0.15, -0.1) is 0 Å². The highest BCUT2D eigenvalue weighted by molar-refractivity contribution is 5.74. The molecule has 1 aliphatic carbocycles. The van der Waals surface area contributed by atoms with Gasteiger partial charge in [0.25, 0.3) is 0 Å². The molecule has 0 N–H and O–H groups in total. The minimum Gasteiger partial charge on any atom is -0.206 e. The second kappa shape index (κ2) is 10.9. The fraction of sp³-hybridized carbons (Fsp3) is 0.290. The summed E-state index contributed by atoms with van der Waals surface area (Å²) >= 11 is 0. The molecule has 3 heteroatoms. The molecule has 3 aromatic rings. The Bertz CT molecular complexity index is 1200. The van der Waals surface area contributed by atoms with Crippen LogP contribution < -0.4 is 0 Å². The molecule has 1 atom stereocenters. The number of rotatable bonds is 7. The number of aryl methyl sites for hydroxylation is 1. The van der Waals surface area contributed by atoms with Gasteiger partial charge in [-0.1, -0.05) is 80.1 Å². The monoisotopic (exact) mass is 460 g/mol. The first-order chi connectivity index (χ1) is 16.5. The maximum Gasteiger partial charge on any atom is 0.166 e. The van der Waals surface area contributed by atoms with Crippen molar-refractivity contribution in [2.24, 2.45) is 5.92 Å². The Hall–Kier alpha value is -3.07. The number of hydrogen-bond acceptors (Lipinski definition) is 0. The smallest absolute Gasteiger partial charge is 0.166 e. The quantitative estimate of drug-likeness (QED) is 0.308. The van der Waals surface area contributed by atoms with Crippen LogP contribution in [0.15, 0.2) is 72.8 Å². The third kappa shape index (κ3) is 5.19. The molecule has 0 aromatic heterocycles. The summed E-state index contributed by atoms with van der Waals surface area (Å²) in [6.07, 6.45) is 11.6. The Balaban J connectivity index is 1.54. The van der Waals surface area contributed by atoms with Gasteiger partial charge >= 0.3 is 0 Å². The fourth-order valence-corrected chi connectivity index (χ4v) is 4.72. The Labute approximate surface area is 200 Å². The predicted molar refractivity (Wildman–Crippen MR) is 136 cm³/mol. The van der Waals surface area contributed by atoms with Crippen molar-refractivity contribution in [3.63, 3.8) is 0 Å². The van der Waals surface area contributed by atoms with Crippen molar-refractivity contribution in [1.29, 1.82) is 0 Å². The van der Waals surface area contributed by atoms with E-state index in [2.05, 4.69) is 18.2 Å². The average molecular weight is 461 g/mol. The van der Waals surface area contributed by atoms with Crippen molar-refractivity contribution in [2.45, 2.75) is 52.4 Å². The van der Waals surface area contributed by atoms with Crippen LogP contribution in [0.2, 0.25) is 0 Å². The van der Waals surface area contributed by atoms with Crippen molar-refractivity contribution >= 4 is 5.57 Å². The molecule has 34 heavy (non-hydrogen) atoms. The third-order valence-corrected chi connectivity index (χ3v) is 6.72. The molecule has 0 radical (unpaired) electrons. The number of unbranched alkanes of at least 4 members (excludes halogenated alkanes) is 1. The number of allylic oxidation sites excluding steroid dienone is 4. The lowest BCUT2D eigenvalue weighted by molar-refractivity contribution is 0.499. The molecule has 0 saturated carbocycles. The number of halogens is 3. The zero-order valence-corrected chi connectivity index (χ0v) is 19.9. The largest absolute Gasteiger partial charge is 0.206 e. The normalized spacial score (nSPS) is 16.1. The molecular weight excluding hydrogens is 429 g/mol. The minimum absolute atomic E-state index is 0.229. The van der Waals surface area contributed by atoms with Gasteiger partial charge in [0.2, 0.25) is 0 Å². The van der Waals surface area contributed by atoms with E-state index < -0.39 is 11.6 Å². The van der Waals surface area contributed by atoms with Gasteiger partial charge < -0.3 is 0 Å². The van der Waals surface area contributed by atoms with Crippen molar-refractivity contribution in [1.82, 2.24) is 0 Å². The highest BCUT2D eigenvalue weighted by Gasteiger charge is 2.17. The van der Waals surface area contributed by atoms with Gasteiger partial charge in [0.1, 0.15) is 5.82 Å². The number of hydrogen-bond donors (Lipinski definition) is 0. The molecule has 0 heterocycles. The van der Waals surface area contributed by atoms with E-state index >= 15 is 0 Å². The minimum atomic E-state index is -0.811. The van der Waals surface area contributed by atoms with E-state index in [4.69, 9.17) is 0 Å². The summed E-state index contributed by atoms with van der Waals surface area (Å²) in [7, 11) is 0.